The van der Waals surface area contributed by atoms with Crippen molar-refractivity contribution in [1.82, 2.24) is 15.0 Å². The Balaban J connectivity index is 1.66. The van der Waals surface area contributed by atoms with Crippen molar-refractivity contribution in [3.63, 3.8) is 0 Å². The fourth-order valence-corrected chi connectivity index (χ4v) is 2.51. The van der Waals surface area contributed by atoms with Crippen LogP contribution in [0.5, 0.6) is 0 Å². The molecule has 2 aromatic heterocycles. The summed E-state index contributed by atoms with van der Waals surface area (Å²) in [4.78, 5) is 17.8. The molecular formula is C14H16BrN5. The van der Waals surface area contributed by atoms with Crippen molar-refractivity contribution in [2.75, 3.05) is 36.0 Å². The Morgan fingerprint density at radius 1 is 1.00 bits per heavy atom. The van der Waals surface area contributed by atoms with Gasteiger partial charge in [0.15, 0.2) is 0 Å². The van der Waals surface area contributed by atoms with Crippen molar-refractivity contribution in [3.05, 3.63) is 40.8 Å². The smallest absolute Gasteiger partial charge is 0.225 e. The first-order valence-electron chi connectivity index (χ1n) is 6.63. The van der Waals surface area contributed by atoms with Crippen molar-refractivity contribution < 1.29 is 0 Å². The molecule has 0 radical (unpaired) electrons. The van der Waals surface area contributed by atoms with Crippen LogP contribution < -0.4 is 9.80 Å². The molecule has 3 rings (SSSR count). The number of aryl methyl sites for hydroxylation is 1. The van der Waals surface area contributed by atoms with Crippen LogP contribution in [0.2, 0.25) is 0 Å². The molecule has 1 fully saturated rings. The van der Waals surface area contributed by atoms with Crippen LogP contribution in [0.3, 0.4) is 0 Å². The molecule has 0 unspecified atom stereocenters. The number of nitrogens with zero attached hydrogens (tertiary/aromatic N) is 5. The van der Waals surface area contributed by atoms with Crippen molar-refractivity contribution in [3.8, 4) is 0 Å². The minimum atomic E-state index is 0.827. The number of rotatable bonds is 2. The molecule has 0 bridgehead atoms. The third-order valence-corrected chi connectivity index (χ3v) is 3.85. The summed E-state index contributed by atoms with van der Waals surface area (Å²) in [6.45, 7) is 5.70. The topological polar surface area (TPSA) is 45.2 Å². The number of piperazine rings is 1. The molecule has 1 saturated heterocycles. The molecule has 0 amide bonds. The lowest BCUT2D eigenvalue weighted by molar-refractivity contribution is 0.633. The van der Waals surface area contributed by atoms with Crippen LogP contribution in [0, 0.1) is 6.92 Å². The molecule has 2 aromatic rings. The maximum absolute atomic E-state index is 4.48. The van der Waals surface area contributed by atoms with E-state index >= 15 is 0 Å². The highest BCUT2D eigenvalue weighted by Gasteiger charge is 2.19. The molecule has 0 atom stereocenters. The van der Waals surface area contributed by atoms with Crippen molar-refractivity contribution >= 4 is 27.7 Å². The van der Waals surface area contributed by atoms with E-state index < -0.39 is 0 Å². The lowest BCUT2D eigenvalue weighted by Crippen LogP contribution is -2.47. The Morgan fingerprint density at radius 2 is 1.75 bits per heavy atom. The lowest BCUT2D eigenvalue weighted by Gasteiger charge is -2.35. The Labute approximate surface area is 126 Å². The van der Waals surface area contributed by atoms with Crippen LogP contribution in [0.25, 0.3) is 0 Å². The summed E-state index contributed by atoms with van der Waals surface area (Å²) in [5, 5.41) is 0. The monoisotopic (exact) mass is 333 g/mol. The van der Waals surface area contributed by atoms with Gasteiger partial charge in [-0.2, -0.15) is 0 Å². The van der Waals surface area contributed by atoms with Gasteiger partial charge in [0.25, 0.3) is 0 Å². The van der Waals surface area contributed by atoms with E-state index in [1.165, 1.54) is 0 Å². The molecule has 1 aliphatic heterocycles. The molecule has 0 saturated carbocycles. The van der Waals surface area contributed by atoms with Gasteiger partial charge in [0.05, 0.1) is 0 Å². The van der Waals surface area contributed by atoms with Crippen LogP contribution in [0.1, 0.15) is 5.69 Å². The van der Waals surface area contributed by atoms with Crippen LogP contribution in [-0.2, 0) is 0 Å². The SMILES string of the molecule is Cc1ccnc(N2CCN(c3ccc(Br)cn3)CC2)n1. The molecule has 20 heavy (non-hydrogen) atoms. The van der Waals surface area contributed by atoms with Gasteiger partial charge in [-0.3, -0.25) is 0 Å². The maximum Gasteiger partial charge on any atom is 0.225 e. The van der Waals surface area contributed by atoms with E-state index in [0.717, 1.165) is 48.1 Å². The largest absolute Gasteiger partial charge is 0.353 e. The van der Waals surface area contributed by atoms with Crippen LogP contribution in [0.15, 0.2) is 35.1 Å². The molecule has 6 heteroatoms. The maximum atomic E-state index is 4.48. The van der Waals surface area contributed by atoms with Gasteiger partial charge in [0.1, 0.15) is 5.82 Å². The molecule has 3 heterocycles. The summed E-state index contributed by atoms with van der Waals surface area (Å²) in [6, 6.07) is 5.99. The lowest BCUT2D eigenvalue weighted by atomic mass is 10.3. The summed E-state index contributed by atoms with van der Waals surface area (Å²) in [5.41, 5.74) is 1.01. The highest BCUT2D eigenvalue weighted by atomic mass is 79.9. The number of aromatic nitrogens is 3. The zero-order chi connectivity index (χ0) is 13.9. The minimum Gasteiger partial charge on any atom is -0.353 e. The average molecular weight is 334 g/mol. The number of hydrogen-bond acceptors (Lipinski definition) is 5. The molecule has 0 aliphatic carbocycles. The second-order valence-corrected chi connectivity index (χ2v) is 5.72. The fraction of sp³-hybridized carbons (Fsp3) is 0.357. The second kappa shape index (κ2) is 5.75. The molecule has 0 spiro atoms. The van der Waals surface area contributed by atoms with Gasteiger partial charge in [-0.25, -0.2) is 15.0 Å². The van der Waals surface area contributed by atoms with Crippen molar-refractivity contribution in [2.24, 2.45) is 0 Å². The highest BCUT2D eigenvalue weighted by molar-refractivity contribution is 9.10. The summed E-state index contributed by atoms with van der Waals surface area (Å²) >= 11 is 3.41. The van der Waals surface area contributed by atoms with Gasteiger partial charge in [0.2, 0.25) is 5.95 Å². The van der Waals surface area contributed by atoms with Gasteiger partial charge in [-0.1, -0.05) is 0 Å². The van der Waals surface area contributed by atoms with E-state index in [1.54, 1.807) is 0 Å². The van der Waals surface area contributed by atoms with E-state index in [0.29, 0.717) is 0 Å². The number of halogens is 1. The normalized spacial score (nSPS) is 15.5. The quantitative estimate of drug-likeness (QED) is 0.843. The third kappa shape index (κ3) is 2.90. The van der Waals surface area contributed by atoms with Gasteiger partial charge >= 0.3 is 0 Å². The van der Waals surface area contributed by atoms with Crippen molar-refractivity contribution in [1.29, 1.82) is 0 Å². The van der Waals surface area contributed by atoms with Gasteiger partial charge in [-0.15, -0.1) is 0 Å². The zero-order valence-corrected chi connectivity index (χ0v) is 12.9. The van der Waals surface area contributed by atoms with E-state index in [-0.39, 0.29) is 0 Å². The number of hydrogen-bond donors (Lipinski definition) is 0. The molecule has 5 nitrogen and oxygen atoms in total. The predicted octanol–water partition coefficient (Wildman–Crippen LogP) is 2.27. The third-order valence-electron chi connectivity index (χ3n) is 3.38. The first kappa shape index (κ1) is 13.3. The summed E-state index contributed by atoms with van der Waals surface area (Å²) in [7, 11) is 0. The fourth-order valence-electron chi connectivity index (χ4n) is 2.28. The summed E-state index contributed by atoms with van der Waals surface area (Å²) in [6.07, 6.45) is 3.66. The molecular weight excluding hydrogens is 318 g/mol. The molecule has 0 aromatic carbocycles. The van der Waals surface area contributed by atoms with Gasteiger partial charge < -0.3 is 9.80 Å². The Bertz CT molecular complexity index is 578. The predicted molar refractivity (Wildman–Crippen MR) is 83.1 cm³/mol. The molecule has 104 valence electrons. The molecule has 0 N–H and O–H groups in total. The number of anilines is 2. The van der Waals surface area contributed by atoms with Crippen LogP contribution in [-0.4, -0.2) is 41.1 Å². The Hall–Kier alpha value is -1.69. The minimum absolute atomic E-state index is 0.827. The van der Waals surface area contributed by atoms with E-state index in [2.05, 4.69) is 40.7 Å². The standard InChI is InChI=1S/C14H16BrN5/c1-11-4-5-16-14(18-11)20-8-6-19(7-9-20)13-3-2-12(15)10-17-13/h2-5,10H,6-9H2,1H3. The average Bonchev–Trinajstić information content (AvgIpc) is 2.48. The van der Waals surface area contributed by atoms with Crippen LogP contribution in [0.4, 0.5) is 11.8 Å². The van der Waals surface area contributed by atoms with Gasteiger partial charge in [-0.05, 0) is 41.1 Å². The van der Waals surface area contributed by atoms with Crippen LogP contribution >= 0.6 is 15.9 Å². The Morgan fingerprint density at radius 3 is 2.40 bits per heavy atom. The van der Waals surface area contributed by atoms with E-state index in [9.17, 15) is 0 Å². The number of pyridine rings is 1. The first-order valence-corrected chi connectivity index (χ1v) is 7.43. The molecule has 1 aliphatic rings. The summed E-state index contributed by atoms with van der Waals surface area (Å²) in [5.74, 6) is 1.85. The zero-order valence-electron chi connectivity index (χ0n) is 11.3. The summed E-state index contributed by atoms with van der Waals surface area (Å²) < 4.78 is 1.01. The van der Waals surface area contributed by atoms with Gasteiger partial charge in [0, 0.05) is 48.7 Å². The Kier molecular flexibility index (Phi) is 3.82. The highest BCUT2D eigenvalue weighted by Crippen LogP contribution is 2.18. The first-order chi connectivity index (χ1) is 9.72. The van der Waals surface area contributed by atoms with E-state index in [1.807, 2.05) is 37.5 Å². The van der Waals surface area contributed by atoms with E-state index in [4.69, 9.17) is 0 Å². The second-order valence-electron chi connectivity index (χ2n) is 4.81. The van der Waals surface area contributed by atoms with Crippen molar-refractivity contribution in [2.45, 2.75) is 6.92 Å².